The SMILES string of the molecule is CCNC(CC)(CC(N)=O)c1ccc(F)cc1. The summed E-state index contributed by atoms with van der Waals surface area (Å²) in [5.41, 5.74) is 5.70. The lowest BCUT2D eigenvalue weighted by atomic mass is 9.83. The second-order valence-corrected chi connectivity index (χ2v) is 4.12. The van der Waals surface area contributed by atoms with Gasteiger partial charge in [-0.05, 0) is 30.7 Å². The van der Waals surface area contributed by atoms with Crippen LogP contribution in [0.3, 0.4) is 0 Å². The molecule has 4 heteroatoms. The predicted octanol–water partition coefficient (Wildman–Crippen LogP) is 1.92. The first kappa shape index (κ1) is 13.6. The van der Waals surface area contributed by atoms with Crippen molar-refractivity contribution in [3.05, 3.63) is 35.6 Å². The first-order valence-electron chi connectivity index (χ1n) is 5.83. The summed E-state index contributed by atoms with van der Waals surface area (Å²) in [5.74, 6) is -0.647. The lowest BCUT2D eigenvalue weighted by Gasteiger charge is -2.33. The van der Waals surface area contributed by atoms with Crippen molar-refractivity contribution in [2.24, 2.45) is 5.73 Å². The van der Waals surface area contributed by atoms with Crippen LogP contribution in [0.15, 0.2) is 24.3 Å². The smallest absolute Gasteiger partial charge is 0.219 e. The van der Waals surface area contributed by atoms with E-state index >= 15 is 0 Å². The molecule has 1 atom stereocenters. The number of primary amides is 1. The summed E-state index contributed by atoms with van der Waals surface area (Å²) in [7, 11) is 0. The largest absolute Gasteiger partial charge is 0.370 e. The molecule has 94 valence electrons. The molecule has 0 fully saturated rings. The van der Waals surface area contributed by atoms with Gasteiger partial charge in [-0.3, -0.25) is 4.79 Å². The zero-order valence-corrected chi connectivity index (χ0v) is 10.3. The Morgan fingerprint density at radius 3 is 2.35 bits per heavy atom. The lowest BCUT2D eigenvalue weighted by Crippen LogP contribution is -2.44. The Morgan fingerprint density at radius 1 is 1.35 bits per heavy atom. The van der Waals surface area contributed by atoms with Crippen molar-refractivity contribution in [2.45, 2.75) is 32.2 Å². The predicted molar refractivity (Wildman–Crippen MR) is 65.9 cm³/mol. The molecular weight excluding hydrogens is 219 g/mol. The summed E-state index contributed by atoms with van der Waals surface area (Å²) in [5, 5.41) is 3.29. The fourth-order valence-electron chi connectivity index (χ4n) is 2.13. The number of rotatable bonds is 6. The Labute approximate surface area is 101 Å². The van der Waals surface area contributed by atoms with E-state index in [0.717, 1.165) is 18.5 Å². The molecule has 0 radical (unpaired) electrons. The highest BCUT2D eigenvalue weighted by Gasteiger charge is 2.31. The van der Waals surface area contributed by atoms with Gasteiger partial charge in [0.15, 0.2) is 0 Å². The summed E-state index contributed by atoms with van der Waals surface area (Å²) in [6.07, 6.45) is 0.929. The van der Waals surface area contributed by atoms with Crippen molar-refractivity contribution in [2.75, 3.05) is 6.54 Å². The van der Waals surface area contributed by atoms with Crippen molar-refractivity contribution in [1.82, 2.24) is 5.32 Å². The van der Waals surface area contributed by atoms with E-state index in [1.807, 2.05) is 13.8 Å². The maximum Gasteiger partial charge on any atom is 0.219 e. The number of nitrogens with two attached hydrogens (primary N) is 1. The van der Waals surface area contributed by atoms with Crippen LogP contribution in [0.4, 0.5) is 4.39 Å². The summed E-state index contributed by atoms with van der Waals surface area (Å²) < 4.78 is 12.9. The normalized spacial score (nSPS) is 14.3. The van der Waals surface area contributed by atoms with E-state index in [0.29, 0.717) is 0 Å². The van der Waals surface area contributed by atoms with Crippen LogP contribution < -0.4 is 11.1 Å². The van der Waals surface area contributed by atoms with E-state index in [1.165, 1.54) is 12.1 Å². The molecule has 1 unspecified atom stereocenters. The molecule has 0 saturated heterocycles. The third-order valence-corrected chi connectivity index (χ3v) is 2.99. The molecule has 0 aromatic heterocycles. The van der Waals surface area contributed by atoms with Crippen molar-refractivity contribution in [3.63, 3.8) is 0 Å². The van der Waals surface area contributed by atoms with Gasteiger partial charge in [-0.25, -0.2) is 4.39 Å². The van der Waals surface area contributed by atoms with Crippen molar-refractivity contribution >= 4 is 5.91 Å². The molecule has 1 amide bonds. The van der Waals surface area contributed by atoms with Crippen LogP contribution in [0, 0.1) is 5.82 Å². The molecule has 0 aliphatic rings. The second-order valence-electron chi connectivity index (χ2n) is 4.12. The van der Waals surface area contributed by atoms with E-state index in [2.05, 4.69) is 5.32 Å². The Morgan fingerprint density at radius 2 is 1.94 bits per heavy atom. The highest BCUT2D eigenvalue weighted by Crippen LogP contribution is 2.28. The van der Waals surface area contributed by atoms with E-state index in [4.69, 9.17) is 5.73 Å². The number of hydrogen-bond donors (Lipinski definition) is 2. The number of carbonyl (C=O) groups is 1. The van der Waals surface area contributed by atoms with Crippen molar-refractivity contribution in [3.8, 4) is 0 Å². The maximum absolute atomic E-state index is 12.9. The third-order valence-electron chi connectivity index (χ3n) is 2.99. The van der Waals surface area contributed by atoms with Crippen molar-refractivity contribution < 1.29 is 9.18 Å². The number of nitrogens with one attached hydrogen (secondary N) is 1. The molecule has 1 rings (SSSR count). The van der Waals surface area contributed by atoms with Gasteiger partial charge in [0.1, 0.15) is 5.82 Å². The highest BCUT2D eigenvalue weighted by atomic mass is 19.1. The second kappa shape index (κ2) is 5.77. The molecule has 0 saturated carbocycles. The average Bonchev–Trinajstić information content (AvgIpc) is 2.28. The van der Waals surface area contributed by atoms with E-state index in [-0.39, 0.29) is 18.1 Å². The molecule has 0 aliphatic heterocycles. The first-order chi connectivity index (χ1) is 8.04. The number of hydrogen-bond acceptors (Lipinski definition) is 2. The molecule has 0 aliphatic carbocycles. The molecule has 3 N–H and O–H groups in total. The van der Waals surface area contributed by atoms with Crippen molar-refractivity contribution in [1.29, 1.82) is 0 Å². The van der Waals surface area contributed by atoms with Gasteiger partial charge >= 0.3 is 0 Å². The van der Waals surface area contributed by atoms with Gasteiger partial charge in [-0.15, -0.1) is 0 Å². The van der Waals surface area contributed by atoms with Crippen LogP contribution in [-0.4, -0.2) is 12.5 Å². The molecule has 0 spiro atoms. The van der Waals surface area contributed by atoms with Gasteiger partial charge in [0.2, 0.25) is 5.91 Å². The van der Waals surface area contributed by atoms with Crippen LogP contribution in [0.2, 0.25) is 0 Å². The summed E-state index contributed by atoms with van der Waals surface area (Å²) in [4.78, 5) is 11.2. The number of benzene rings is 1. The van der Waals surface area contributed by atoms with Gasteiger partial charge in [-0.1, -0.05) is 26.0 Å². The summed E-state index contributed by atoms with van der Waals surface area (Å²) in [6, 6.07) is 6.20. The van der Waals surface area contributed by atoms with Crippen LogP contribution in [-0.2, 0) is 10.3 Å². The van der Waals surface area contributed by atoms with Gasteiger partial charge in [0, 0.05) is 6.42 Å². The van der Waals surface area contributed by atoms with Gasteiger partial charge in [0.25, 0.3) is 0 Å². The molecular formula is C13H19FN2O. The maximum atomic E-state index is 12.9. The molecule has 3 nitrogen and oxygen atoms in total. The standard InChI is InChI=1S/C13H19FN2O/c1-3-13(16-4-2,9-12(15)17)10-5-7-11(14)8-6-10/h5-8,16H,3-4,9H2,1-2H3,(H2,15,17). The number of amides is 1. The molecule has 0 bridgehead atoms. The van der Waals surface area contributed by atoms with Gasteiger partial charge in [0.05, 0.1) is 5.54 Å². The third kappa shape index (κ3) is 3.27. The van der Waals surface area contributed by atoms with Gasteiger partial charge < -0.3 is 11.1 Å². The zero-order valence-electron chi connectivity index (χ0n) is 10.3. The number of carbonyl (C=O) groups excluding carboxylic acids is 1. The highest BCUT2D eigenvalue weighted by molar-refractivity contribution is 5.75. The zero-order chi connectivity index (χ0) is 12.9. The monoisotopic (exact) mass is 238 g/mol. The lowest BCUT2D eigenvalue weighted by molar-refractivity contribution is -0.119. The quantitative estimate of drug-likeness (QED) is 0.795. The molecule has 1 aromatic carbocycles. The molecule has 1 aromatic rings. The van der Waals surface area contributed by atoms with Crippen LogP contribution in [0.5, 0.6) is 0 Å². The van der Waals surface area contributed by atoms with Gasteiger partial charge in [-0.2, -0.15) is 0 Å². The Kier molecular flexibility index (Phi) is 4.63. The molecule has 17 heavy (non-hydrogen) atoms. The minimum atomic E-state index is -0.492. The Bertz CT molecular complexity index is 378. The number of halogens is 1. The van der Waals surface area contributed by atoms with E-state index in [9.17, 15) is 9.18 Å². The molecule has 0 heterocycles. The minimum absolute atomic E-state index is 0.211. The van der Waals surface area contributed by atoms with E-state index < -0.39 is 5.54 Å². The summed E-state index contributed by atoms with van der Waals surface area (Å²) >= 11 is 0. The minimum Gasteiger partial charge on any atom is -0.370 e. The Balaban J connectivity index is 3.10. The Hall–Kier alpha value is -1.42. The summed E-state index contributed by atoms with van der Waals surface area (Å²) in [6.45, 7) is 4.67. The van der Waals surface area contributed by atoms with E-state index in [1.54, 1.807) is 12.1 Å². The topological polar surface area (TPSA) is 55.1 Å². The fourth-order valence-corrected chi connectivity index (χ4v) is 2.13. The van der Waals surface area contributed by atoms with Crippen LogP contribution >= 0.6 is 0 Å². The average molecular weight is 238 g/mol. The first-order valence-corrected chi connectivity index (χ1v) is 5.83. The van der Waals surface area contributed by atoms with Crippen LogP contribution in [0.1, 0.15) is 32.3 Å². The fraction of sp³-hybridized carbons (Fsp3) is 0.462. The van der Waals surface area contributed by atoms with Crippen LogP contribution in [0.25, 0.3) is 0 Å².